The summed E-state index contributed by atoms with van der Waals surface area (Å²) in [7, 11) is -0.653. The number of carboxylic acids is 1. The topological polar surface area (TPSA) is 97.8 Å². The zero-order valence-corrected chi connectivity index (χ0v) is 19.8. The molecule has 4 rings (SSSR count). The lowest BCUT2D eigenvalue weighted by Crippen LogP contribution is -2.43. The molecule has 0 spiro atoms. The normalized spacial score (nSPS) is 17.4. The fourth-order valence-corrected chi connectivity index (χ4v) is 3.96. The lowest BCUT2D eigenvalue weighted by atomic mass is 9.76. The predicted octanol–water partition coefficient (Wildman–Crippen LogP) is 3.24. The maximum Gasteiger partial charge on any atom is 0.495 e. The van der Waals surface area contributed by atoms with Gasteiger partial charge < -0.3 is 19.7 Å². The Bertz CT molecular complexity index is 1280. The number of nitrogens with zero attached hydrogens (tertiary/aromatic N) is 1. The van der Waals surface area contributed by atoms with Gasteiger partial charge in [-0.1, -0.05) is 24.3 Å². The zero-order chi connectivity index (χ0) is 25.5. The highest BCUT2D eigenvalue weighted by atomic mass is 19.1. The number of aliphatic carboxylic acids is 1. The number of carbonyl (C=O) groups is 2. The Balaban J connectivity index is 1.65. The first-order valence-corrected chi connectivity index (χ1v) is 11.1. The van der Waals surface area contributed by atoms with Gasteiger partial charge in [0.25, 0.3) is 5.91 Å². The van der Waals surface area contributed by atoms with E-state index in [1.807, 2.05) is 33.8 Å². The molecule has 0 saturated carbocycles. The first-order valence-electron chi connectivity index (χ1n) is 11.1. The third-order valence-corrected chi connectivity index (χ3v) is 6.61. The highest BCUT2D eigenvalue weighted by Gasteiger charge is 2.52. The van der Waals surface area contributed by atoms with Gasteiger partial charge in [-0.3, -0.25) is 9.78 Å². The number of hydrogen-bond acceptors (Lipinski definition) is 5. The van der Waals surface area contributed by atoms with E-state index in [0.717, 1.165) is 23.7 Å². The summed E-state index contributed by atoms with van der Waals surface area (Å²) >= 11 is 0. The van der Waals surface area contributed by atoms with Crippen molar-refractivity contribution in [2.75, 3.05) is 0 Å². The number of amides is 1. The summed E-state index contributed by atoms with van der Waals surface area (Å²) in [5, 5.41) is 12.7. The average Bonchev–Trinajstić information content (AvgIpc) is 2.99. The van der Waals surface area contributed by atoms with Gasteiger partial charge in [-0.05, 0) is 56.9 Å². The summed E-state index contributed by atoms with van der Waals surface area (Å²) < 4.78 is 40.4. The highest BCUT2D eigenvalue weighted by molar-refractivity contribution is 6.65. The van der Waals surface area contributed by atoms with Crippen molar-refractivity contribution in [3.05, 3.63) is 71.4 Å². The van der Waals surface area contributed by atoms with Gasteiger partial charge in [0, 0.05) is 18.0 Å². The van der Waals surface area contributed by atoms with Crippen LogP contribution >= 0.6 is 0 Å². The van der Waals surface area contributed by atoms with Gasteiger partial charge in [0.15, 0.2) is 0 Å². The van der Waals surface area contributed by atoms with Crippen LogP contribution in [0.1, 0.15) is 43.6 Å². The maximum absolute atomic E-state index is 14.0. The maximum atomic E-state index is 14.0. The number of carbonyl (C=O) groups excluding carboxylic acids is 1. The van der Waals surface area contributed by atoms with E-state index in [4.69, 9.17) is 9.31 Å². The molecule has 2 N–H and O–H groups in total. The van der Waals surface area contributed by atoms with E-state index in [-0.39, 0.29) is 6.42 Å². The number of carboxylic acid groups (broad SMARTS) is 1. The Kier molecular flexibility index (Phi) is 6.37. The van der Waals surface area contributed by atoms with E-state index < -0.39 is 53.4 Å². The minimum Gasteiger partial charge on any atom is -0.480 e. The Hall–Kier alpha value is -3.37. The smallest absolute Gasteiger partial charge is 0.480 e. The van der Waals surface area contributed by atoms with Gasteiger partial charge in [-0.2, -0.15) is 0 Å². The molecule has 1 amide bonds. The van der Waals surface area contributed by atoms with E-state index in [0.29, 0.717) is 16.5 Å². The number of pyridine rings is 1. The van der Waals surface area contributed by atoms with Gasteiger partial charge in [-0.15, -0.1) is 0 Å². The van der Waals surface area contributed by atoms with Crippen molar-refractivity contribution in [3.8, 4) is 0 Å². The molecule has 3 aromatic rings. The van der Waals surface area contributed by atoms with Crippen LogP contribution in [-0.2, 0) is 20.5 Å². The third-order valence-electron chi connectivity index (χ3n) is 6.61. The second-order valence-electron chi connectivity index (χ2n) is 9.47. The Morgan fingerprint density at radius 3 is 2.26 bits per heavy atom. The highest BCUT2D eigenvalue weighted by Crippen LogP contribution is 2.37. The largest absolute Gasteiger partial charge is 0.495 e. The average molecular weight is 482 g/mol. The summed E-state index contributed by atoms with van der Waals surface area (Å²) in [5.41, 5.74) is -0.158. The van der Waals surface area contributed by atoms with E-state index in [2.05, 4.69) is 10.3 Å². The quantitative estimate of drug-likeness (QED) is 0.524. The minimum absolute atomic E-state index is 0.158. The molecule has 35 heavy (non-hydrogen) atoms. The van der Waals surface area contributed by atoms with Crippen LogP contribution in [0.2, 0.25) is 0 Å². The molecule has 0 bridgehead atoms. The predicted molar refractivity (Wildman–Crippen MR) is 126 cm³/mol. The lowest BCUT2D eigenvalue weighted by molar-refractivity contribution is -0.139. The SMILES string of the molecule is CC1(C)OB(c2ccc(CC(NC(=O)c3c(F)cccc3F)C(=O)O)c3ncccc23)OC1(C)C. The molecule has 182 valence electrons. The van der Waals surface area contributed by atoms with Gasteiger partial charge in [0.2, 0.25) is 0 Å². The number of fused-ring (bicyclic) bond motifs is 1. The summed E-state index contributed by atoms with van der Waals surface area (Å²) in [6.45, 7) is 7.78. The molecule has 10 heteroatoms. The van der Waals surface area contributed by atoms with Crippen molar-refractivity contribution in [1.29, 1.82) is 0 Å². The first-order chi connectivity index (χ1) is 16.4. The second kappa shape index (κ2) is 9.01. The van der Waals surface area contributed by atoms with Crippen LogP contribution in [0.4, 0.5) is 8.78 Å². The summed E-state index contributed by atoms with van der Waals surface area (Å²) in [4.78, 5) is 28.9. The summed E-state index contributed by atoms with van der Waals surface area (Å²) in [5.74, 6) is -4.66. The number of aromatic nitrogens is 1. The standard InChI is InChI=1S/C25H25BF2N2O5/c1-24(2)25(3,4)35-26(34-24)16-11-10-14(21-15(16)7-6-12-29-21)13-19(23(32)33)30-22(31)20-17(27)8-5-9-18(20)28/h5-12,19H,13H2,1-4H3,(H,30,31)(H,32,33). The van der Waals surface area contributed by atoms with Crippen LogP contribution in [0.15, 0.2) is 48.7 Å². The lowest BCUT2D eigenvalue weighted by Gasteiger charge is -2.32. The van der Waals surface area contributed by atoms with E-state index in [9.17, 15) is 23.5 Å². The number of rotatable bonds is 6. The number of hydrogen-bond donors (Lipinski definition) is 2. The van der Waals surface area contributed by atoms with Gasteiger partial charge in [-0.25, -0.2) is 13.6 Å². The summed E-state index contributed by atoms with van der Waals surface area (Å²) in [6, 6.07) is 8.58. The monoisotopic (exact) mass is 482 g/mol. The molecular weight excluding hydrogens is 457 g/mol. The molecule has 1 aromatic heterocycles. The molecule has 1 unspecified atom stereocenters. The van der Waals surface area contributed by atoms with Gasteiger partial charge >= 0.3 is 13.1 Å². The van der Waals surface area contributed by atoms with E-state index in [1.54, 1.807) is 24.4 Å². The fourth-order valence-electron chi connectivity index (χ4n) is 3.96. The zero-order valence-electron chi connectivity index (χ0n) is 19.8. The molecule has 0 radical (unpaired) electrons. The molecule has 1 saturated heterocycles. The molecule has 2 aromatic carbocycles. The Labute approximate surface area is 201 Å². The van der Waals surface area contributed by atoms with E-state index >= 15 is 0 Å². The second-order valence-corrected chi connectivity index (χ2v) is 9.47. The van der Waals surface area contributed by atoms with Crippen molar-refractivity contribution >= 4 is 35.4 Å². The van der Waals surface area contributed by atoms with Crippen LogP contribution in [0, 0.1) is 11.6 Å². The Morgan fingerprint density at radius 1 is 1.03 bits per heavy atom. The van der Waals surface area contributed by atoms with Crippen molar-refractivity contribution in [3.63, 3.8) is 0 Å². The Morgan fingerprint density at radius 2 is 1.66 bits per heavy atom. The van der Waals surface area contributed by atoms with Gasteiger partial charge in [0.1, 0.15) is 23.2 Å². The van der Waals surface area contributed by atoms with Crippen LogP contribution < -0.4 is 10.8 Å². The summed E-state index contributed by atoms with van der Waals surface area (Å²) in [6.07, 6.45) is 1.41. The third kappa shape index (κ3) is 4.63. The number of halogens is 2. The number of benzene rings is 2. The van der Waals surface area contributed by atoms with Crippen molar-refractivity contribution < 1.29 is 32.8 Å². The molecule has 1 atom stereocenters. The van der Waals surface area contributed by atoms with Crippen LogP contribution in [0.25, 0.3) is 10.9 Å². The molecule has 1 aliphatic heterocycles. The molecular formula is C25H25BF2N2O5. The molecule has 2 heterocycles. The molecule has 0 aliphatic carbocycles. The number of nitrogens with one attached hydrogen (secondary N) is 1. The van der Waals surface area contributed by atoms with Crippen LogP contribution in [0.3, 0.4) is 0 Å². The minimum atomic E-state index is -1.45. The first kappa shape index (κ1) is 24.7. The molecule has 1 aliphatic rings. The van der Waals surface area contributed by atoms with Crippen molar-refractivity contribution in [2.45, 2.75) is 51.4 Å². The van der Waals surface area contributed by atoms with Crippen molar-refractivity contribution in [2.24, 2.45) is 0 Å². The van der Waals surface area contributed by atoms with E-state index in [1.165, 1.54) is 0 Å². The van der Waals surface area contributed by atoms with Crippen molar-refractivity contribution in [1.82, 2.24) is 10.3 Å². The fraction of sp³-hybridized carbons (Fsp3) is 0.320. The molecule has 7 nitrogen and oxygen atoms in total. The molecule has 1 fully saturated rings. The van der Waals surface area contributed by atoms with Crippen LogP contribution in [-0.4, -0.2) is 46.3 Å². The van der Waals surface area contributed by atoms with Gasteiger partial charge in [0.05, 0.1) is 16.7 Å². The van der Waals surface area contributed by atoms with Crippen LogP contribution in [0.5, 0.6) is 0 Å².